The summed E-state index contributed by atoms with van der Waals surface area (Å²) >= 11 is 0. The molecule has 1 saturated heterocycles. The van der Waals surface area contributed by atoms with Crippen LogP contribution in [-0.2, 0) is 0 Å². The first kappa shape index (κ1) is 17.7. The van der Waals surface area contributed by atoms with E-state index in [9.17, 15) is 4.79 Å². The second-order valence-corrected chi connectivity index (χ2v) is 7.22. The van der Waals surface area contributed by atoms with Crippen LogP contribution in [0.15, 0.2) is 36.4 Å². The van der Waals surface area contributed by atoms with Crippen LogP contribution in [0.5, 0.6) is 0 Å². The fourth-order valence-corrected chi connectivity index (χ4v) is 3.95. The van der Waals surface area contributed by atoms with Crippen molar-refractivity contribution in [3.63, 3.8) is 0 Å². The van der Waals surface area contributed by atoms with Crippen molar-refractivity contribution in [2.24, 2.45) is 0 Å². The van der Waals surface area contributed by atoms with Gasteiger partial charge in [-0.1, -0.05) is 23.8 Å². The van der Waals surface area contributed by atoms with Gasteiger partial charge in [-0.2, -0.15) is 0 Å². The lowest BCUT2D eigenvalue weighted by molar-refractivity contribution is 0.112. The highest BCUT2D eigenvalue weighted by atomic mass is 16.1. The van der Waals surface area contributed by atoms with Gasteiger partial charge in [0.1, 0.15) is 6.29 Å². The summed E-state index contributed by atoms with van der Waals surface area (Å²) in [5.74, 6) is 0. The van der Waals surface area contributed by atoms with Gasteiger partial charge in [0, 0.05) is 43.5 Å². The standard InChI is InChI=1S/C22H28N2O/c1-16-5-7-21(17(2)13-16)19(4)23-9-11-24(12-10-23)22-8-6-20(15-25)14-18(22)3/h5-8,13-15,19H,9-12H2,1-4H3/t19-/m0/s1. The molecule has 0 amide bonds. The van der Waals surface area contributed by atoms with Gasteiger partial charge in [-0.15, -0.1) is 0 Å². The first-order valence-electron chi connectivity index (χ1n) is 9.11. The zero-order valence-electron chi connectivity index (χ0n) is 15.7. The molecule has 3 heteroatoms. The molecular formula is C22H28N2O. The third-order valence-corrected chi connectivity index (χ3v) is 5.43. The van der Waals surface area contributed by atoms with E-state index in [4.69, 9.17) is 0 Å². The van der Waals surface area contributed by atoms with Gasteiger partial charge in [0.05, 0.1) is 0 Å². The zero-order valence-corrected chi connectivity index (χ0v) is 15.7. The quantitative estimate of drug-likeness (QED) is 0.778. The van der Waals surface area contributed by atoms with Gasteiger partial charge in [-0.05, 0) is 62.6 Å². The highest BCUT2D eigenvalue weighted by molar-refractivity contribution is 5.77. The summed E-state index contributed by atoms with van der Waals surface area (Å²) in [6, 6.07) is 13.2. The van der Waals surface area contributed by atoms with E-state index in [-0.39, 0.29) is 0 Å². The molecule has 1 fully saturated rings. The van der Waals surface area contributed by atoms with E-state index in [1.54, 1.807) is 0 Å². The van der Waals surface area contributed by atoms with E-state index in [1.165, 1.54) is 27.9 Å². The minimum Gasteiger partial charge on any atom is -0.369 e. The van der Waals surface area contributed by atoms with E-state index >= 15 is 0 Å². The number of aldehydes is 1. The van der Waals surface area contributed by atoms with E-state index in [2.05, 4.69) is 61.8 Å². The van der Waals surface area contributed by atoms with E-state index in [0.717, 1.165) is 38.0 Å². The zero-order chi connectivity index (χ0) is 18.0. The molecule has 0 saturated carbocycles. The Morgan fingerprint density at radius 3 is 2.24 bits per heavy atom. The first-order valence-corrected chi connectivity index (χ1v) is 9.11. The Hall–Kier alpha value is -2.13. The molecule has 1 heterocycles. The molecule has 1 aliphatic heterocycles. The molecule has 2 aromatic rings. The van der Waals surface area contributed by atoms with Gasteiger partial charge in [0.25, 0.3) is 0 Å². The van der Waals surface area contributed by atoms with Gasteiger partial charge in [0.2, 0.25) is 0 Å². The molecule has 0 spiro atoms. The van der Waals surface area contributed by atoms with Crippen LogP contribution in [0.4, 0.5) is 5.69 Å². The molecule has 25 heavy (non-hydrogen) atoms. The highest BCUT2D eigenvalue weighted by Crippen LogP contribution is 2.28. The number of nitrogens with zero attached hydrogens (tertiary/aromatic N) is 2. The molecule has 3 rings (SSSR count). The number of aryl methyl sites for hydroxylation is 3. The van der Waals surface area contributed by atoms with Crippen molar-refractivity contribution in [3.05, 3.63) is 64.2 Å². The van der Waals surface area contributed by atoms with Crippen molar-refractivity contribution in [3.8, 4) is 0 Å². The summed E-state index contributed by atoms with van der Waals surface area (Å²) in [5, 5.41) is 0. The van der Waals surface area contributed by atoms with Gasteiger partial charge < -0.3 is 4.90 Å². The molecule has 2 aromatic carbocycles. The lowest BCUT2D eigenvalue weighted by atomic mass is 9.98. The second kappa shape index (κ2) is 7.40. The molecule has 0 radical (unpaired) electrons. The summed E-state index contributed by atoms with van der Waals surface area (Å²) in [6.07, 6.45) is 0.917. The fraction of sp³-hybridized carbons (Fsp3) is 0.409. The van der Waals surface area contributed by atoms with Crippen molar-refractivity contribution < 1.29 is 4.79 Å². The molecule has 132 valence electrons. The maximum atomic E-state index is 10.9. The minimum atomic E-state index is 0.446. The van der Waals surface area contributed by atoms with Crippen molar-refractivity contribution in [1.29, 1.82) is 0 Å². The molecule has 1 aliphatic rings. The maximum absolute atomic E-state index is 10.9. The molecule has 0 unspecified atom stereocenters. The predicted octanol–water partition coefficient (Wildman–Crippen LogP) is 4.31. The van der Waals surface area contributed by atoms with Crippen LogP contribution in [0, 0.1) is 20.8 Å². The average molecular weight is 336 g/mol. The van der Waals surface area contributed by atoms with Crippen molar-refractivity contribution >= 4 is 12.0 Å². The van der Waals surface area contributed by atoms with E-state index < -0.39 is 0 Å². The Kier molecular flexibility index (Phi) is 5.24. The lowest BCUT2D eigenvalue weighted by Gasteiger charge is -2.40. The van der Waals surface area contributed by atoms with Crippen LogP contribution < -0.4 is 4.90 Å². The fourth-order valence-electron chi connectivity index (χ4n) is 3.95. The summed E-state index contributed by atoms with van der Waals surface area (Å²) < 4.78 is 0. The average Bonchev–Trinajstić information content (AvgIpc) is 2.61. The van der Waals surface area contributed by atoms with Crippen LogP contribution in [-0.4, -0.2) is 37.4 Å². The molecule has 1 atom stereocenters. The smallest absolute Gasteiger partial charge is 0.150 e. The number of carbonyl (C=O) groups is 1. The lowest BCUT2D eigenvalue weighted by Crippen LogP contribution is -2.47. The van der Waals surface area contributed by atoms with Crippen LogP contribution in [0.1, 0.15) is 45.6 Å². The van der Waals surface area contributed by atoms with Crippen molar-refractivity contribution in [1.82, 2.24) is 4.90 Å². The minimum absolute atomic E-state index is 0.446. The maximum Gasteiger partial charge on any atom is 0.150 e. The van der Waals surface area contributed by atoms with Gasteiger partial charge in [-0.25, -0.2) is 0 Å². The number of piperazine rings is 1. The van der Waals surface area contributed by atoms with Crippen LogP contribution in [0.25, 0.3) is 0 Å². The summed E-state index contributed by atoms with van der Waals surface area (Å²) in [4.78, 5) is 15.9. The number of anilines is 1. The third-order valence-electron chi connectivity index (χ3n) is 5.43. The molecule has 0 aliphatic carbocycles. The topological polar surface area (TPSA) is 23.6 Å². The molecular weight excluding hydrogens is 308 g/mol. The third kappa shape index (κ3) is 3.77. The number of hydrogen-bond acceptors (Lipinski definition) is 3. The van der Waals surface area contributed by atoms with E-state index in [0.29, 0.717) is 6.04 Å². The first-order chi connectivity index (χ1) is 12.0. The summed E-state index contributed by atoms with van der Waals surface area (Å²) in [6.45, 7) is 12.9. The van der Waals surface area contributed by atoms with Gasteiger partial charge in [0.15, 0.2) is 0 Å². The van der Waals surface area contributed by atoms with Gasteiger partial charge >= 0.3 is 0 Å². The molecule has 3 nitrogen and oxygen atoms in total. The second-order valence-electron chi connectivity index (χ2n) is 7.22. The Labute approximate surface area is 151 Å². The highest BCUT2D eigenvalue weighted by Gasteiger charge is 2.23. The molecule has 0 aromatic heterocycles. The van der Waals surface area contributed by atoms with Crippen LogP contribution in [0.2, 0.25) is 0 Å². The largest absolute Gasteiger partial charge is 0.369 e. The summed E-state index contributed by atoms with van der Waals surface area (Å²) in [5.41, 5.74) is 7.33. The number of hydrogen-bond donors (Lipinski definition) is 0. The van der Waals surface area contributed by atoms with Crippen molar-refractivity contribution in [2.45, 2.75) is 33.7 Å². The Bertz CT molecular complexity index is 761. The Morgan fingerprint density at radius 1 is 0.920 bits per heavy atom. The number of rotatable bonds is 4. The SMILES string of the molecule is Cc1ccc([C@H](C)N2CCN(c3ccc(C=O)cc3C)CC2)c(C)c1. The van der Waals surface area contributed by atoms with Crippen LogP contribution >= 0.6 is 0 Å². The van der Waals surface area contributed by atoms with Crippen molar-refractivity contribution in [2.75, 3.05) is 31.1 Å². The number of benzene rings is 2. The predicted molar refractivity (Wildman–Crippen MR) is 105 cm³/mol. The normalized spacial score (nSPS) is 16.7. The monoisotopic (exact) mass is 336 g/mol. The number of carbonyl (C=O) groups excluding carboxylic acids is 1. The van der Waals surface area contributed by atoms with E-state index in [1.807, 2.05) is 12.1 Å². The summed E-state index contributed by atoms with van der Waals surface area (Å²) in [7, 11) is 0. The molecule has 0 bridgehead atoms. The van der Waals surface area contributed by atoms with Crippen LogP contribution in [0.3, 0.4) is 0 Å². The Morgan fingerprint density at radius 2 is 1.64 bits per heavy atom. The Balaban J connectivity index is 1.68. The van der Waals surface area contributed by atoms with Gasteiger partial charge in [-0.3, -0.25) is 9.69 Å². The molecule has 0 N–H and O–H groups in total.